The molecule has 1 heterocycles. The molecule has 0 saturated carbocycles. The van der Waals surface area contributed by atoms with Crippen LogP contribution in [0.15, 0.2) is 24.3 Å². The van der Waals surface area contributed by atoms with Gasteiger partial charge in [-0.3, -0.25) is 19.8 Å². The van der Waals surface area contributed by atoms with Crippen molar-refractivity contribution in [2.75, 3.05) is 20.2 Å². The Bertz CT molecular complexity index is 694. The largest absolute Gasteiger partial charge is 0.468 e. The number of hydrogen-bond donors (Lipinski definition) is 2. The van der Waals surface area contributed by atoms with Crippen molar-refractivity contribution in [3.63, 3.8) is 0 Å². The first-order chi connectivity index (χ1) is 12.2. The molecule has 1 aliphatic rings. The standard InChI is InChI=1S/C16H18F3N3O4/c1-26-14(24)12-6-10-4-2-3-5-11(10)7-22(12)8-13(23)21-15(25)20-9-16(17,18)19/h2-5,12H,6-9H2,1H3,(H2,20,21,23,25)/t12-/m0/s1. The van der Waals surface area contributed by atoms with E-state index in [0.717, 1.165) is 11.1 Å². The topological polar surface area (TPSA) is 87.7 Å². The summed E-state index contributed by atoms with van der Waals surface area (Å²) in [6.45, 7) is -1.62. The Morgan fingerprint density at radius 2 is 1.88 bits per heavy atom. The molecule has 1 aromatic carbocycles. The minimum Gasteiger partial charge on any atom is -0.468 e. The molecule has 0 unspecified atom stereocenters. The van der Waals surface area contributed by atoms with E-state index in [1.807, 2.05) is 29.6 Å². The lowest BCUT2D eigenvalue weighted by molar-refractivity contribution is -0.148. The smallest absolute Gasteiger partial charge is 0.405 e. The Kier molecular flexibility index (Phi) is 6.19. The molecule has 10 heteroatoms. The van der Waals surface area contributed by atoms with E-state index in [1.54, 1.807) is 5.32 Å². The molecule has 1 aliphatic heterocycles. The minimum absolute atomic E-state index is 0.271. The fourth-order valence-corrected chi connectivity index (χ4v) is 2.69. The number of alkyl halides is 3. The number of methoxy groups -OCH3 is 1. The van der Waals surface area contributed by atoms with Crippen molar-refractivity contribution in [1.29, 1.82) is 0 Å². The maximum absolute atomic E-state index is 12.1. The van der Waals surface area contributed by atoms with Gasteiger partial charge in [-0.1, -0.05) is 24.3 Å². The molecule has 2 rings (SSSR count). The van der Waals surface area contributed by atoms with Crippen LogP contribution in [0.4, 0.5) is 18.0 Å². The number of amides is 3. The Balaban J connectivity index is 2.00. The molecule has 0 spiro atoms. The lowest BCUT2D eigenvalue weighted by Crippen LogP contribution is -2.52. The Labute approximate surface area is 147 Å². The van der Waals surface area contributed by atoms with Crippen LogP contribution in [-0.2, 0) is 27.3 Å². The molecule has 2 N–H and O–H groups in total. The Hall–Kier alpha value is -2.62. The second kappa shape index (κ2) is 8.17. The highest BCUT2D eigenvalue weighted by molar-refractivity contribution is 5.95. The molecule has 0 aromatic heterocycles. The number of halogens is 3. The Morgan fingerprint density at radius 1 is 1.23 bits per heavy atom. The number of carbonyl (C=O) groups is 3. The maximum atomic E-state index is 12.1. The van der Waals surface area contributed by atoms with Gasteiger partial charge >= 0.3 is 18.2 Å². The first-order valence-corrected chi connectivity index (χ1v) is 7.72. The highest BCUT2D eigenvalue weighted by Gasteiger charge is 2.34. The van der Waals surface area contributed by atoms with Gasteiger partial charge in [0.1, 0.15) is 12.6 Å². The second-order valence-corrected chi connectivity index (χ2v) is 5.76. The molecule has 1 aromatic rings. The van der Waals surface area contributed by atoms with Crippen LogP contribution >= 0.6 is 0 Å². The number of urea groups is 1. The zero-order chi connectivity index (χ0) is 19.3. The fraction of sp³-hybridized carbons (Fsp3) is 0.438. The SMILES string of the molecule is COC(=O)[C@@H]1Cc2ccccc2CN1CC(=O)NC(=O)NCC(F)(F)F. The third-order valence-corrected chi connectivity index (χ3v) is 3.87. The summed E-state index contributed by atoms with van der Waals surface area (Å²) in [5.74, 6) is -1.35. The van der Waals surface area contributed by atoms with E-state index in [9.17, 15) is 27.6 Å². The highest BCUT2D eigenvalue weighted by Crippen LogP contribution is 2.23. The summed E-state index contributed by atoms with van der Waals surface area (Å²) < 4.78 is 40.9. The molecule has 0 fully saturated rings. The number of benzene rings is 1. The summed E-state index contributed by atoms with van der Waals surface area (Å²) in [6.07, 6.45) is -4.25. The zero-order valence-corrected chi connectivity index (χ0v) is 13.9. The van der Waals surface area contributed by atoms with E-state index >= 15 is 0 Å². The van der Waals surface area contributed by atoms with Gasteiger partial charge < -0.3 is 10.1 Å². The van der Waals surface area contributed by atoms with E-state index in [4.69, 9.17) is 4.74 Å². The molecule has 142 valence electrons. The average molecular weight is 373 g/mol. The van der Waals surface area contributed by atoms with Gasteiger partial charge in [-0.15, -0.1) is 0 Å². The lowest BCUT2D eigenvalue weighted by Gasteiger charge is -2.34. The fourth-order valence-electron chi connectivity index (χ4n) is 2.69. The first kappa shape index (κ1) is 19.7. The second-order valence-electron chi connectivity index (χ2n) is 5.76. The van der Waals surface area contributed by atoms with E-state index in [0.29, 0.717) is 6.42 Å². The van der Waals surface area contributed by atoms with Crippen LogP contribution in [0.1, 0.15) is 11.1 Å². The summed E-state index contributed by atoms with van der Waals surface area (Å²) in [5, 5.41) is 3.36. The number of nitrogens with one attached hydrogen (secondary N) is 2. The number of hydrogen-bond acceptors (Lipinski definition) is 5. The lowest BCUT2D eigenvalue weighted by atomic mass is 9.94. The van der Waals surface area contributed by atoms with Gasteiger partial charge in [-0.25, -0.2) is 4.79 Å². The maximum Gasteiger partial charge on any atom is 0.405 e. The van der Waals surface area contributed by atoms with Gasteiger partial charge in [-0.05, 0) is 17.5 Å². The first-order valence-electron chi connectivity index (χ1n) is 7.72. The van der Waals surface area contributed by atoms with Crippen LogP contribution in [0.5, 0.6) is 0 Å². The zero-order valence-electron chi connectivity index (χ0n) is 13.9. The summed E-state index contributed by atoms with van der Waals surface area (Å²) in [4.78, 5) is 36.8. The molecular weight excluding hydrogens is 355 g/mol. The number of nitrogens with zero attached hydrogens (tertiary/aromatic N) is 1. The molecule has 7 nitrogen and oxygen atoms in total. The van der Waals surface area contributed by atoms with Gasteiger partial charge in [-0.2, -0.15) is 13.2 Å². The molecule has 3 amide bonds. The number of fused-ring (bicyclic) bond motifs is 1. The normalized spacial score (nSPS) is 17.2. The van der Waals surface area contributed by atoms with Crippen molar-refractivity contribution in [1.82, 2.24) is 15.5 Å². The van der Waals surface area contributed by atoms with E-state index in [2.05, 4.69) is 0 Å². The summed E-state index contributed by atoms with van der Waals surface area (Å²) in [6, 6.07) is 5.40. The van der Waals surface area contributed by atoms with Crippen LogP contribution in [0.2, 0.25) is 0 Å². The van der Waals surface area contributed by atoms with Crippen LogP contribution < -0.4 is 10.6 Å². The van der Waals surface area contributed by atoms with Gasteiger partial charge in [0.05, 0.1) is 13.7 Å². The third kappa shape index (κ3) is 5.45. The van der Waals surface area contributed by atoms with Crippen molar-refractivity contribution in [3.8, 4) is 0 Å². The third-order valence-electron chi connectivity index (χ3n) is 3.87. The van der Waals surface area contributed by atoms with Crippen molar-refractivity contribution in [2.45, 2.75) is 25.2 Å². The molecular formula is C16H18F3N3O4. The predicted octanol–water partition coefficient (Wildman–Crippen LogP) is 0.974. The molecule has 0 bridgehead atoms. The van der Waals surface area contributed by atoms with Crippen molar-refractivity contribution >= 4 is 17.9 Å². The number of esters is 1. The van der Waals surface area contributed by atoms with Crippen LogP contribution in [0, 0.1) is 0 Å². The highest BCUT2D eigenvalue weighted by atomic mass is 19.4. The summed E-state index contributed by atoms with van der Waals surface area (Å²) >= 11 is 0. The monoisotopic (exact) mass is 373 g/mol. The predicted molar refractivity (Wildman–Crippen MR) is 84.0 cm³/mol. The van der Waals surface area contributed by atoms with Gasteiger partial charge in [0.2, 0.25) is 5.91 Å². The molecule has 0 saturated heterocycles. The van der Waals surface area contributed by atoms with Crippen molar-refractivity contribution in [2.24, 2.45) is 0 Å². The van der Waals surface area contributed by atoms with Crippen molar-refractivity contribution < 1.29 is 32.3 Å². The van der Waals surface area contributed by atoms with E-state index in [1.165, 1.54) is 12.0 Å². The van der Waals surface area contributed by atoms with Gasteiger partial charge in [0.25, 0.3) is 0 Å². The molecule has 0 radical (unpaired) electrons. The van der Waals surface area contributed by atoms with Crippen LogP contribution in [-0.4, -0.2) is 55.2 Å². The van der Waals surface area contributed by atoms with Gasteiger partial charge in [0, 0.05) is 6.54 Å². The average Bonchev–Trinajstić information content (AvgIpc) is 2.58. The number of carbonyl (C=O) groups excluding carboxylic acids is 3. The van der Waals surface area contributed by atoms with Crippen molar-refractivity contribution in [3.05, 3.63) is 35.4 Å². The summed E-state index contributed by atoms with van der Waals surface area (Å²) in [5.41, 5.74) is 1.87. The molecule has 0 aliphatic carbocycles. The number of imide groups is 1. The minimum atomic E-state index is -4.58. The molecule has 1 atom stereocenters. The molecule has 26 heavy (non-hydrogen) atoms. The van der Waals surface area contributed by atoms with Crippen LogP contribution in [0.25, 0.3) is 0 Å². The summed E-state index contributed by atoms with van der Waals surface area (Å²) in [7, 11) is 1.23. The van der Waals surface area contributed by atoms with Gasteiger partial charge in [0.15, 0.2) is 0 Å². The number of ether oxygens (including phenoxy) is 1. The number of rotatable bonds is 4. The van der Waals surface area contributed by atoms with E-state index in [-0.39, 0.29) is 13.1 Å². The Morgan fingerprint density at radius 3 is 2.50 bits per heavy atom. The van der Waals surface area contributed by atoms with Crippen LogP contribution in [0.3, 0.4) is 0 Å². The van der Waals surface area contributed by atoms with E-state index < -0.39 is 36.7 Å². The quantitative estimate of drug-likeness (QED) is 0.768.